The molecule has 3 nitrogen and oxygen atoms in total. The summed E-state index contributed by atoms with van der Waals surface area (Å²) in [5.41, 5.74) is 4.80. The molecular formula is C19H30N2O. The Labute approximate surface area is 135 Å². The molecule has 0 saturated heterocycles. The maximum atomic E-state index is 11.6. The van der Waals surface area contributed by atoms with Crippen molar-refractivity contribution in [3.05, 3.63) is 35.4 Å². The van der Waals surface area contributed by atoms with Crippen molar-refractivity contribution in [2.45, 2.75) is 71.6 Å². The lowest BCUT2D eigenvalue weighted by Gasteiger charge is -2.02. The highest BCUT2D eigenvalue weighted by Gasteiger charge is 1.99. The van der Waals surface area contributed by atoms with Crippen molar-refractivity contribution in [3.8, 4) is 0 Å². The van der Waals surface area contributed by atoms with E-state index in [-0.39, 0.29) is 5.91 Å². The fourth-order valence-electron chi connectivity index (χ4n) is 2.40. The first-order valence-corrected chi connectivity index (χ1v) is 8.61. The molecule has 1 amide bonds. The second-order valence-electron chi connectivity index (χ2n) is 5.93. The van der Waals surface area contributed by atoms with E-state index < -0.39 is 0 Å². The Balaban J connectivity index is 2.04. The van der Waals surface area contributed by atoms with Gasteiger partial charge in [-0.25, -0.2) is 5.43 Å². The summed E-state index contributed by atoms with van der Waals surface area (Å²) in [6.45, 7) is 4.28. The van der Waals surface area contributed by atoms with Gasteiger partial charge in [0.15, 0.2) is 0 Å². The second kappa shape index (κ2) is 12.0. The van der Waals surface area contributed by atoms with Crippen LogP contribution in [0.5, 0.6) is 0 Å². The minimum Gasteiger partial charge on any atom is -0.273 e. The van der Waals surface area contributed by atoms with Crippen LogP contribution in [0.4, 0.5) is 0 Å². The van der Waals surface area contributed by atoms with Gasteiger partial charge < -0.3 is 0 Å². The summed E-state index contributed by atoms with van der Waals surface area (Å²) >= 11 is 0. The number of hydrogen-bond donors (Lipinski definition) is 1. The third-order valence-electron chi connectivity index (χ3n) is 3.70. The number of rotatable bonds is 11. The van der Waals surface area contributed by atoms with E-state index in [4.69, 9.17) is 0 Å². The Morgan fingerprint density at radius 1 is 1.09 bits per heavy atom. The fourth-order valence-corrected chi connectivity index (χ4v) is 2.40. The Hall–Kier alpha value is -1.64. The van der Waals surface area contributed by atoms with Crippen LogP contribution in [0.1, 0.15) is 75.8 Å². The topological polar surface area (TPSA) is 41.5 Å². The highest BCUT2D eigenvalue weighted by Crippen LogP contribution is 2.09. The predicted molar refractivity (Wildman–Crippen MR) is 94.1 cm³/mol. The highest BCUT2D eigenvalue weighted by molar-refractivity contribution is 5.82. The maximum Gasteiger partial charge on any atom is 0.240 e. The monoisotopic (exact) mass is 302 g/mol. The van der Waals surface area contributed by atoms with Crippen LogP contribution in [0.2, 0.25) is 0 Å². The van der Waals surface area contributed by atoms with Crippen LogP contribution in [-0.2, 0) is 4.79 Å². The molecule has 3 heteroatoms. The zero-order chi connectivity index (χ0) is 16.0. The van der Waals surface area contributed by atoms with Crippen LogP contribution < -0.4 is 5.43 Å². The lowest BCUT2D eigenvalue weighted by molar-refractivity contribution is -0.121. The number of nitrogens with one attached hydrogen (secondary N) is 1. The van der Waals surface area contributed by atoms with Gasteiger partial charge in [0, 0.05) is 6.42 Å². The maximum absolute atomic E-state index is 11.6. The predicted octanol–water partition coefficient (Wildman–Crippen LogP) is 4.98. The first-order chi connectivity index (χ1) is 10.7. The minimum absolute atomic E-state index is 0.00915. The van der Waals surface area contributed by atoms with E-state index in [0.29, 0.717) is 6.42 Å². The van der Waals surface area contributed by atoms with Crippen molar-refractivity contribution in [2.75, 3.05) is 0 Å². The van der Waals surface area contributed by atoms with Gasteiger partial charge in [0.05, 0.1) is 6.21 Å². The van der Waals surface area contributed by atoms with Gasteiger partial charge in [0.1, 0.15) is 0 Å². The first-order valence-electron chi connectivity index (χ1n) is 8.61. The van der Waals surface area contributed by atoms with E-state index in [9.17, 15) is 4.79 Å². The van der Waals surface area contributed by atoms with Gasteiger partial charge >= 0.3 is 0 Å². The van der Waals surface area contributed by atoms with Crippen LogP contribution in [0.3, 0.4) is 0 Å². The third-order valence-corrected chi connectivity index (χ3v) is 3.70. The molecule has 0 fully saturated rings. The third kappa shape index (κ3) is 9.32. The molecule has 0 spiro atoms. The molecule has 0 saturated carbocycles. The number of hydrazone groups is 1. The molecule has 22 heavy (non-hydrogen) atoms. The zero-order valence-electron chi connectivity index (χ0n) is 14.1. The van der Waals surface area contributed by atoms with E-state index in [1.165, 1.54) is 44.1 Å². The van der Waals surface area contributed by atoms with E-state index in [1.54, 1.807) is 6.21 Å². The quantitative estimate of drug-likeness (QED) is 0.350. The molecular weight excluding hydrogens is 272 g/mol. The summed E-state index contributed by atoms with van der Waals surface area (Å²) in [6, 6.07) is 8.03. The summed E-state index contributed by atoms with van der Waals surface area (Å²) in [6.07, 6.45) is 12.2. The zero-order valence-corrected chi connectivity index (χ0v) is 14.1. The molecule has 0 atom stereocenters. The molecule has 0 bridgehead atoms. The molecule has 1 aromatic rings. The normalized spacial score (nSPS) is 11.0. The summed E-state index contributed by atoms with van der Waals surface area (Å²) in [4.78, 5) is 11.6. The molecule has 1 aromatic carbocycles. The Kier molecular flexibility index (Phi) is 10.0. The number of aryl methyl sites for hydroxylation is 1. The van der Waals surface area contributed by atoms with Gasteiger partial charge in [-0.3, -0.25) is 4.79 Å². The van der Waals surface area contributed by atoms with E-state index >= 15 is 0 Å². The first kappa shape index (κ1) is 18.4. The molecule has 0 heterocycles. The average molecular weight is 302 g/mol. The van der Waals surface area contributed by atoms with Gasteiger partial charge in [0.25, 0.3) is 0 Å². The molecule has 0 radical (unpaired) electrons. The number of unbranched alkanes of at least 4 members (excludes halogenated alkanes) is 7. The SMILES string of the molecule is CCCCCCCCCCC(=O)NN=Cc1cccc(C)c1. The highest BCUT2D eigenvalue weighted by atomic mass is 16.2. The Bertz CT molecular complexity index is 455. The Morgan fingerprint density at radius 2 is 1.77 bits per heavy atom. The summed E-state index contributed by atoms with van der Waals surface area (Å²) < 4.78 is 0. The van der Waals surface area contributed by atoms with Gasteiger partial charge in [0.2, 0.25) is 5.91 Å². The molecule has 1 N–H and O–H groups in total. The van der Waals surface area contributed by atoms with Crippen molar-refractivity contribution in [1.82, 2.24) is 5.43 Å². The summed E-state index contributed by atoms with van der Waals surface area (Å²) in [5.74, 6) is 0.00915. The standard InChI is InChI=1S/C19H30N2O/c1-3-4-5-6-7-8-9-10-14-19(22)21-20-16-18-13-11-12-17(2)15-18/h11-13,15-16H,3-10,14H2,1-2H3,(H,21,22). The van der Waals surface area contributed by atoms with Crippen molar-refractivity contribution in [2.24, 2.45) is 5.10 Å². The molecule has 0 aliphatic carbocycles. The molecule has 0 aromatic heterocycles. The smallest absolute Gasteiger partial charge is 0.240 e. The molecule has 0 unspecified atom stereocenters. The van der Waals surface area contributed by atoms with Crippen LogP contribution in [0, 0.1) is 6.92 Å². The minimum atomic E-state index is 0.00915. The fraction of sp³-hybridized carbons (Fsp3) is 0.579. The molecule has 0 aliphatic rings. The lowest BCUT2D eigenvalue weighted by Crippen LogP contribution is -2.16. The van der Waals surface area contributed by atoms with Crippen LogP contribution in [0.25, 0.3) is 0 Å². The largest absolute Gasteiger partial charge is 0.273 e. The summed E-state index contributed by atoms with van der Waals surface area (Å²) in [7, 11) is 0. The van der Waals surface area contributed by atoms with E-state index in [0.717, 1.165) is 18.4 Å². The van der Waals surface area contributed by atoms with E-state index in [1.807, 2.05) is 31.2 Å². The molecule has 1 rings (SSSR count). The van der Waals surface area contributed by atoms with Gasteiger partial charge in [-0.1, -0.05) is 81.7 Å². The van der Waals surface area contributed by atoms with Gasteiger partial charge in [-0.2, -0.15) is 5.10 Å². The number of carbonyl (C=O) groups excluding carboxylic acids is 1. The van der Waals surface area contributed by atoms with Crippen LogP contribution in [-0.4, -0.2) is 12.1 Å². The summed E-state index contributed by atoms with van der Waals surface area (Å²) in [5, 5.41) is 4.01. The number of benzene rings is 1. The lowest BCUT2D eigenvalue weighted by atomic mass is 10.1. The van der Waals surface area contributed by atoms with Crippen molar-refractivity contribution in [1.29, 1.82) is 0 Å². The number of nitrogens with zero attached hydrogens (tertiary/aromatic N) is 1. The number of carbonyl (C=O) groups is 1. The van der Waals surface area contributed by atoms with E-state index in [2.05, 4.69) is 17.5 Å². The Morgan fingerprint density at radius 3 is 2.45 bits per heavy atom. The van der Waals surface area contributed by atoms with Gasteiger partial charge in [-0.05, 0) is 18.9 Å². The average Bonchev–Trinajstić information content (AvgIpc) is 2.50. The van der Waals surface area contributed by atoms with Crippen molar-refractivity contribution < 1.29 is 4.79 Å². The van der Waals surface area contributed by atoms with Crippen molar-refractivity contribution >= 4 is 12.1 Å². The second-order valence-corrected chi connectivity index (χ2v) is 5.93. The molecule has 0 aliphatic heterocycles. The van der Waals surface area contributed by atoms with Gasteiger partial charge in [-0.15, -0.1) is 0 Å². The molecule has 122 valence electrons. The number of hydrogen-bond acceptors (Lipinski definition) is 2. The number of amides is 1. The van der Waals surface area contributed by atoms with Crippen LogP contribution >= 0.6 is 0 Å². The van der Waals surface area contributed by atoms with Crippen LogP contribution in [0.15, 0.2) is 29.4 Å². The van der Waals surface area contributed by atoms with Crippen molar-refractivity contribution in [3.63, 3.8) is 0 Å².